The molecule has 0 heterocycles. The standard InChI is InChI=1S/C18H30N2O6/c1-14(2)20(19-23)10-16(21)11-25-12-17(22)13-26-18-6-4-15(5-7-18)8-9-24-3/h4-7,14,16-17,21-22H,8-13H2,1-3H3. The third kappa shape index (κ3) is 9.10. The predicted molar refractivity (Wildman–Crippen MR) is 98.0 cm³/mol. The third-order valence-electron chi connectivity index (χ3n) is 3.68. The maximum absolute atomic E-state index is 10.6. The number of benzene rings is 1. The van der Waals surface area contributed by atoms with E-state index in [4.69, 9.17) is 14.2 Å². The summed E-state index contributed by atoms with van der Waals surface area (Å²) in [6, 6.07) is 7.50. The van der Waals surface area contributed by atoms with Crippen LogP contribution in [-0.4, -0.2) is 73.6 Å². The molecule has 0 bridgehead atoms. The second kappa shape index (κ2) is 12.6. The van der Waals surface area contributed by atoms with Crippen LogP contribution in [0.15, 0.2) is 29.6 Å². The topological polar surface area (TPSA) is 101 Å². The second-order valence-corrected chi connectivity index (χ2v) is 6.34. The van der Waals surface area contributed by atoms with Gasteiger partial charge in [0.05, 0.1) is 37.8 Å². The van der Waals surface area contributed by atoms with E-state index < -0.39 is 12.2 Å². The van der Waals surface area contributed by atoms with Crippen LogP contribution in [0, 0.1) is 4.91 Å². The van der Waals surface area contributed by atoms with Gasteiger partial charge in [0, 0.05) is 13.2 Å². The van der Waals surface area contributed by atoms with Crippen molar-refractivity contribution in [1.29, 1.82) is 0 Å². The highest BCUT2D eigenvalue weighted by molar-refractivity contribution is 5.27. The quantitative estimate of drug-likeness (QED) is 0.377. The summed E-state index contributed by atoms with van der Waals surface area (Å²) in [5, 5.41) is 23.8. The normalized spacial score (nSPS) is 13.5. The fraction of sp³-hybridized carbons (Fsp3) is 0.667. The van der Waals surface area contributed by atoms with Crippen LogP contribution in [0.4, 0.5) is 0 Å². The van der Waals surface area contributed by atoms with Gasteiger partial charge in [-0.3, -0.25) is 5.01 Å². The minimum atomic E-state index is -0.858. The lowest BCUT2D eigenvalue weighted by Gasteiger charge is -2.22. The fourth-order valence-corrected chi connectivity index (χ4v) is 2.16. The molecule has 0 saturated carbocycles. The lowest BCUT2D eigenvalue weighted by molar-refractivity contribution is -0.0306. The molecule has 0 fully saturated rings. The first-order valence-corrected chi connectivity index (χ1v) is 8.70. The number of rotatable bonds is 14. The Labute approximate surface area is 154 Å². The van der Waals surface area contributed by atoms with Gasteiger partial charge >= 0.3 is 0 Å². The van der Waals surface area contributed by atoms with Crippen LogP contribution in [0.25, 0.3) is 0 Å². The molecule has 148 valence electrons. The Morgan fingerprint density at radius 1 is 1.08 bits per heavy atom. The number of hydrogen-bond acceptors (Lipinski definition) is 7. The fourth-order valence-electron chi connectivity index (χ4n) is 2.16. The summed E-state index contributed by atoms with van der Waals surface area (Å²) in [6.45, 7) is 4.48. The summed E-state index contributed by atoms with van der Waals surface area (Å²) in [4.78, 5) is 10.6. The Kier molecular flexibility index (Phi) is 10.8. The zero-order chi connectivity index (χ0) is 19.4. The molecule has 0 aliphatic heterocycles. The van der Waals surface area contributed by atoms with Crippen LogP contribution in [0.5, 0.6) is 5.75 Å². The summed E-state index contributed by atoms with van der Waals surface area (Å²) < 4.78 is 15.8. The minimum Gasteiger partial charge on any atom is -0.491 e. The first-order chi connectivity index (χ1) is 12.5. The Bertz CT molecular complexity index is 497. The van der Waals surface area contributed by atoms with Gasteiger partial charge in [-0.2, -0.15) is 0 Å². The molecule has 0 radical (unpaired) electrons. The SMILES string of the molecule is COCCc1ccc(OCC(O)COCC(O)CN(N=O)C(C)C)cc1. The van der Waals surface area contributed by atoms with E-state index in [2.05, 4.69) is 5.29 Å². The van der Waals surface area contributed by atoms with Crippen LogP contribution in [0.1, 0.15) is 19.4 Å². The number of nitroso groups, excluding NO2 is 1. The summed E-state index contributed by atoms with van der Waals surface area (Å²) in [6.07, 6.45) is -0.840. The van der Waals surface area contributed by atoms with Gasteiger partial charge in [0.1, 0.15) is 18.5 Å². The van der Waals surface area contributed by atoms with Crippen LogP contribution >= 0.6 is 0 Å². The Hall–Kier alpha value is -1.74. The Balaban J connectivity index is 2.21. The molecular formula is C18H30N2O6. The average molecular weight is 370 g/mol. The van der Waals surface area contributed by atoms with Crippen LogP contribution in [0.3, 0.4) is 0 Å². The van der Waals surface area contributed by atoms with Crippen molar-refractivity contribution in [3.8, 4) is 5.75 Å². The molecule has 2 atom stereocenters. The highest BCUT2D eigenvalue weighted by Gasteiger charge is 2.15. The molecule has 0 spiro atoms. The molecule has 0 saturated heterocycles. The molecular weight excluding hydrogens is 340 g/mol. The van der Waals surface area contributed by atoms with Gasteiger partial charge in [-0.15, -0.1) is 4.91 Å². The van der Waals surface area contributed by atoms with Crippen molar-refractivity contribution >= 4 is 0 Å². The summed E-state index contributed by atoms with van der Waals surface area (Å²) in [5.41, 5.74) is 1.15. The van der Waals surface area contributed by atoms with E-state index in [1.54, 1.807) is 21.0 Å². The molecule has 0 aromatic heterocycles. The van der Waals surface area contributed by atoms with Crippen molar-refractivity contribution < 1.29 is 24.4 Å². The molecule has 1 rings (SSSR count). The monoisotopic (exact) mass is 370 g/mol. The maximum atomic E-state index is 10.6. The average Bonchev–Trinajstić information content (AvgIpc) is 2.63. The van der Waals surface area contributed by atoms with E-state index in [9.17, 15) is 15.1 Å². The first-order valence-electron chi connectivity index (χ1n) is 8.70. The molecule has 0 aliphatic rings. The van der Waals surface area contributed by atoms with E-state index in [-0.39, 0.29) is 32.4 Å². The van der Waals surface area contributed by atoms with Crippen molar-refractivity contribution in [2.24, 2.45) is 5.29 Å². The van der Waals surface area contributed by atoms with Gasteiger partial charge in [0.2, 0.25) is 0 Å². The van der Waals surface area contributed by atoms with Gasteiger partial charge in [-0.1, -0.05) is 12.1 Å². The van der Waals surface area contributed by atoms with E-state index >= 15 is 0 Å². The molecule has 2 N–H and O–H groups in total. The van der Waals surface area contributed by atoms with Gasteiger partial charge in [0.25, 0.3) is 0 Å². The molecule has 1 aromatic carbocycles. The van der Waals surface area contributed by atoms with Crippen molar-refractivity contribution in [3.05, 3.63) is 34.7 Å². The van der Waals surface area contributed by atoms with Gasteiger partial charge < -0.3 is 24.4 Å². The highest BCUT2D eigenvalue weighted by Crippen LogP contribution is 2.13. The van der Waals surface area contributed by atoms with E-state index in [0.29, 0.717) is 12.4 Å². The maximum Gasteiger partial charge on any atom is 0.119 e. The van der Waals surface area contributed by atoms with Crippen molar-refractivity contribution in [3.63, 3.8) is 0 Å². The number of aliphatic hydroxyl groups is 2. The molecule has 8 heteroatoms. The van der Waals surface area contributed by atoms with Crippen molar-refractivity contribution in [1.82, 2.24) is 5.01 Å². The van der Waals surface area contributed by atoms with E-state index in [1.165, 1.54) is 5.01 Å². The van der Waals surface area contributed by atoms with Crippen LogP contribution in [-0.2, 0) is 15.9 Å². The molecule has 1 aromatic rings. The largest absolute Gasteiger partial charge is 0.491 e. The number of hydrogen-bond donors (Lipinski definition) is 2. The predicted octanol–water partition coefficient (Wildman–Crippen LogP) is 1.38. The lowest BCUT2D eigenvalue weighted by Crippen LogP contribution is -2.36. The number of methoxy groups -OCH3 is 1. The summed E-state index contributed by atoms with van der Waals surface area (Å²) in [7, 11) is 1.67. The molecule has 8 nitrogen and oxygen atoms in total. The van der Waals surface area contributed by atoms with Crippen LogP contribution < -0.4 is 4.74 Å². The van der Waals surface area contributed by atoms with E-state index in [1.807, 2.05) is 24.3 Å². The Morgan fingerprint density at radius 2 is 1.73 bits per heavy atom. The van der Waals surface area contributed by atoms with E-state index in [0.717, 1.165) is 12.0 Å². The zero-order valence-electron chi connectivity index (χ0n) is 15.7. The smallest absolute Gasteiger partial charge is 0.119 e. The molecule has 0 amide bonds. The van der Waals surface area contributed by atoms with Crippen LogP contribution in [0.2, 0.25) is 0 Å². The van der Waals surface area contributed by atoms with Gasteiger partial charge in [0.15, 0.2) is 0 Å². The second-order valence-electron chi connectivity index (χ2n) is 6.34. The number of ether oxygens (including phenoxy) is 3. The highest BCUT2D eigenvalue weighted by atomic mass is 16.5. The van der Waals surface area contributed by atoms with Crippen molar-refractivity contribution in [2.75, 3.05) is 40.1 Å². The van der Waals surface area contributed by atoms with Crippen molar-refractivity contribution in [2.45, 2.75) is 38.5 Å². The minimum absolute atomic E-state index is 0.00396. The summed E-state index contributed by atoms with van der Waals surface area (Å²) >= 11 is 0. The molecule has 0 aliphatic carbocycles. The number of aliphatic hydroxyl groups excluding tert-OH is 2. The molecule has 26 heavy (non-hydrogen) atoms. The Morgan fingerprint density at radius 3 is 2.31 bits per heavy atom. The molecule has 2 unspecified atom stereocenters. The third-order valence-corrected chi connectivity index (χ3v) is 3.68. The summed E-state index contributed by atoms with van der Waals surface area (Å²) in [5.74, 6) is 0.662. The lowest BCUT2D eigenvalue weighted by atomic mass is 10.1. The number of nitrogens with zero attached hydrogens (tertiary/aromatic N) is 2. The zero-order valence-corrected chi connectivity index (χ0v) is 15.7. The van der Waals surface area contributed by atoms with Gasteiger partial charge in [-0.05, 0) is 38.0 Å². The first kappa shape index (κ1) is 22.3. The van der Waals surface area contributed by atoms with Gasteiger partial charge in [-0.25, -0.2) is 0 Å².